The predicted molar refractivity (Wildman–Crippen MR) is 85.3 cm³/mol. The summed E-state index contributed by atoms with van der Waals surface area (Å²) in [5, 5.41) is 2.98. The molecule has 0 aliphatic carbocycles. The third-order valence-electron chi connectivity index (χ3n) is 3.21. The van der Waals surface area contributed by atoms with Crippen LogP contribution in [0.2, 0.25) is 0 Å². The van der Waals surface area contributed by atoms with Gasteiger partial charge in [-0.2, -0.15) is 0 Å². The number of benzene rings is 1. The van der Waals surface area contributed by atoms with Crippen molar-refractivity contribution >= 4 is 27.5 Å². The SMILES string of the molecule is Cc1ccc(C(=O)Nc2c(C)cc(Br)cc2C)c(C)n1. The van der Waals surface area contributed by atoms with Crippen LogP contribution in [0.3, 0.4) is 0 Å². The second kappa shape index (κ2) is 5.75. The first kappa shape index (κ1) is 14.7. The molecule has 104 valence electrons. The van der Waals surface area contributed by atoms with Crippen molar-refractivity contribution in [3.8, 4) is 0 Å². The highest BCUT2D eigenvalue weighted by atomic mass is 79.9. The van der Waals surface area contributed by atoms with Crippen LogP contribution < -0.4 is 5.32 Å². The number of nitrogens with one attached hydrogen (secondary N) is 1. The number of pyridine rings is 1. The van der Waals surface area contributed by atoms with Crippen LogP contribution in [0.15, 0.2) is 28.7 Å². The zero-order valence-electron chi connectivity index (χ0n) is 12.0. The number of hydrogen-bond acceptors (Lipinski definition) is 2. The van der Waals surface area contributed by atoms with Crippen molar-refractivity contribution in [2.75, 3.05) is 5.32 Å². The van der Waals surface area contributed by atoms with Crippen molar-refractivity contribution in [1.82, 2.24) is 4.98 Å². The molecule has 3 nitrogen and oxygen atoms in total. The first-order valence-electron chi connectivity index (χ1n) is 6.41. The summed E-state index contributed by atoms with van der Waals surface area (Å²) >= 11 is 3.46. The van der Waals surface area contributed by atoms with E-state index in [1.165, 1.54) is 0 Å². The normalized spacial score (nSPS) is 10.4. The lowest BCUT2D eigenvalue weighted by Gasteiger charge is -2.13. The van der Waals surface area contributed by atoms with Crippen molar-refractivity contribution in [1.29, 1.82) is 0 Å². The van der Waals surface area contributed by atoms with Gasteiger partial charge in [-0.15, -0.1) is 0 Å². The van der Waals surface area contributed by atoms with Gasteiger partial charge in [-0.3, -0.25) is 9.78 Å². The maximum atomic E-state index is 12.4. The van der Waals surface area contributed by atoms with Gasteiger partial charge in [0.2, 0.25) is 0 Å². The number of halogens is 1. The van der Waals surface area contributed by atoms with Crippen LogP contribution in [0.5, 0.6) is 0 Å². The van der Waals surface area contributed by atoms with E-state index in [2.05, 4.69) is 26.2 Å². The van der Waals surface area contributed by atoms with E-state index in [-0.39, 0.29) is 5.91 Å². The number of anilines is 1. The molecule has 0 aliphatic rings. The van der Waals surface area contributed by atoms with Gasteiger partial charge in [0.25, 0.3) is 5.91 Å². The summed E-state index contributed by atoms with van der Waals surface area (Å²) in [6, 6.07) is 7.64. The molecule has 2 aromatic rings. The Labute approximate surface area is 127 Å². The van der Waals surface area contributed by atoms with Gasteiger partial charge in [-0.1, -0.05) is 15.9 Å². The van der Waals surface area contributed by atoms with Crippen molar-refractivity contribution < 1.29 is 4.79 Å². The Kier molecular flexibility index (Phi) is 4.23. The molecule has 0 bridgehead atoms. The van der Waals surface area contributed by atoms with Crippen LogP contribution in [0.25, 0.3) is 0 Å². The number of amides is 1. The van der Waals surface area contributed by atoms with Gasteiger partial charge in [-0.05, 0) is 63.1 Å². The predicted octanol–water partition coefficient (Wildman–Crippen LogP) is 4.33. The highest BCUT2D eigenvalue weighted by molar-refractivity contribution is 9.10. The summed E-state index contributed by atoms with van der Waals surface area (Å²) in [7, 11) is 0. The molecule has 4 heteroatoms. The van der Waals surface area contributed by atoms with Crippen LogP contribution in [0.4, 0.5) is 5.69 Å². The lowest BCUT2D eigenvalue weighted by molar-refractivity contribution is 0.102. The van der Waals surface area contributed by atoms with Crippen molar-refractivity contribution in [3.05, 3.63) is 56.8 Å². The average Bonchev–Trinajstić information content (AvgIpc) is 2.33. The number of carbonyl (C=O) groups is 1. The van der Waals surface area contributed by atoms with E-state index < -0.39 is 0 Å². The summed E-state index contributed by atoms with van der Waals surface area (Å²) in [5.41, 5.74) is 5.19. The third-order valence-corrected chi connectivity index (χ3v) is 3.66. The van der Waals surface area contributed by atoms with Crippen LogP contribution in [-0.4, -0.2) is 10.9 Å². The van der Waals surface area contributed by atoms with Crippen LogP contribution in [-0.2, 0) is 0 Å². The van der Waals surface area contributed by atoms with Crippen molar-refractivity contribution in [2.45, 2.75) is 27.7 Å². The number of rotatable bonds is 2. The maximum absolute atomic E-state index is 12.4. The molecule has 0 aliphatic heterocycles. The molecule has 20 heavy (non-hydrogen) atoms. The van der Waals surface area contributed by atoms with Gasteiger partial charge in [0.15, 0.2) is 0 Å². The Morgan fingerprint density at radius 3 is 2.25 bits per heavy atom. The molecule has 1 aromatic heterocycles. The molecule has 2 rings (SSSR count). The second-order valence-electron chi connectivity index (χ2n) is 4.95. The average molecular weight is 333 g/mol. The van der Waals surface area contributed by atoms with Crippen molar-refractivity contribution in [3.63, 3.8) is 0 Å². The van der Waals surface area contributed by atoms with Crippen LogP contribution in [0.1, 0.15) is 32.9 Å². The monoisotopic (exact) mass is 332 g/mol. The minimum atomic E-state index is -0.122. The van der Waals surface area contributed by atoms with E-state index in [1.807, 2.05) is 52.0 Å². The standard InChI is InChI=1S/C16H17BrN2O/c1-9-7-13(17)8-10(2)15(9)19-16(20)14-6-5-11(3)18-12(14)4/h5-8H,1-4H3,(H,19,20). The first-order chi connectivity index (χ1) is 9.38. The third kappa shape index (κ3) is 3.07. The Morgan fingerprint density at radius 1 is 1.10 bits per heavy atom. The molecule has 0 fully saturated rings. The number of carbonyl (C=O) groups excluding carboxylic acids is 1. The van der Waals surface area contributed by atoms with Gasteiger partial charge in [0.1, 0.15) is 0 Å². The fraction of sp³-hybridized carbons (Fsp3) is 0.250. The first-order valence-corrected chi connectivity index (χ1v) is 7.20. The van der Waals surface area contributed by atoms with Crippen LogP contribution >= 0.6 is 15.9 Å². The molecular weight excluding hydrogens is 316 g/mol. The topological polar surface area (TPSA) is 42.0 Å². The fourth-order valence-electron chi connectivity index (χ4n) is 2.22. The molecule has 1 N–H and O–H groups in total. The number of nitrogens with zero attached hydrogens (tertiary/aromatic N) is 1. The van der Waals surface area contributed by atoms with E-state index in [1.54, 1.807) is 0 Å². The number of hydrogen-bond donors (Lipinski definition) is 1. The summed E-state index contributed by atoms with van der Waals surface area (Å²) in [4.78, 5) is 16.7. The summed E-state index contributed by atoms with van der Waals surface area (Å²) in [5.74, 6) is -0.122. The Hall–Kier alpha value is -1.68. The van der Waals surface area contributed by atoms with Gasteiger partial charge >= 0.3 is 0 Å². The quantitative estimate of drug-likeness (QED) is 0.889. The molecule has 0 saturated carbocycles. The van der Waals surface area contributed by atoms with E-state index >= 15 is 0 Å². The summed E-state index contributed by atoms with van der Waals surface area (Å²) in [6.45, 7) is 7.72. The van der Waals surface area contributed by atoms with E-state index in [4.69, 9.17) is 0 Å². The van der Waals surface area contributed by atoms with Gasteiger partial charge in [-0.25, -0.2) is 0 Å². The van der Waals surface area contributed by atoms with E-state index in [9.17, 15) is 4.79 Å². The minimum absolute atomic E-state index is 0.122. The lowest BCUT2D eigenvalue weighted by atomic mass is 10.1. The molecular formula is C16H17BrN2O. The van der Waals surface area contributed by atoms with E-state index in [0.717, 1.165) is 32.7 Å². The molecule has 0 atom stereocenters. The molecule has 0 radical (unpaired) electrons. The Bertz CT molecular complexity index is 657. The summed E-state index contributed by atoms with van der Waals surface area (Å²) < 4.78 is 1.01. The molecule has 1 heterocycles. The molecule has 0 unspecified atom stereocenters. The largest absolute Gasteiger partial charge is 0.321 e. The van der Waals surface area contributed by atoms with Crippen molar-refractivity contribution in [2.24, 2.45) is 0 Å². The van der Waals surface area contributed by atoms with E-state index in [0.29, 0.717) is 5.56 Å². The zero-order chi connectivity index (χ0) is 14.9. The molecule has 1 aromatic carbocycles. The molecule has 0 spiro atoms. The van der Waals surface area contributed by atoms with Gasteiger partial charge in [0, 0.05) is 15.9 Å². The molecule has 0 saturated heterocycles. The zero-order valence-corrected chi connectivity index (χ0v) is 13.6. The number of aromatic nitrogens is 1. The van der Waals surface area contributed by atoms with Crippen LogP contribution in [0, 0.1) is 27.7 Å². The lowest BCUT2D eigenvalue weighted by Crippen LogP contribution is -2.16. The molecule has 1 amide bonds. The second-order valence-corrected chi connectivity index (χ2v) is 5.87. The smallest absolute Gasteiger partial charge is 0.257 e. The Morgan fingerprint density at radius 2 is 1.70 bits per heavy atom. The van der Waals surface area contributed by atoms with Gasteiger partial charge in [0.05, 0.1) is 11.3 Å². The maximum Gasteiger partial charge on any atom is 0.257 e. The van der Waals surface area contributed by atoms with Gasteiger partial charge < -0.3 is 5.32 Å². The fourth-order valence-corrected chi connectivity index (χ4v) is 2.90. The summed E-state index contributed by atoms with van der Waals surface area (Å²) in [6.07, 6.45) is 0. The highest BCUT2D eigenvalue weighted by Crippen LogP contribution is 2.25. The Balaban J connectivity index is 2.33. The minimum Gasteiger partial charge on any atom is -0.321 e. The highest BCUT2D eigenvalue weighted by Gasteiger charge is 2.13. The number of aryl methyl sites for hydroxylation is 4.